The molecule has 25 heavy (non-hydrogen) atoms. The third-order valence-corrected chi connectivity index (χ3v) is 5.04. The first-order chi connectivity index (χ1) is 12.0. The molecule has 3 aliphatic heterocycles. The van der Waals surface area contributed by atoms with E-state index >= 15 is 0 Å². The second kappa shape index (κ2) is 5.50. The maximum Gasteiger partial charge on any atom is 0.338 e. The van der Waals surface area contributed by atoms with Crippen LogP contribution < -0.4 is 4.90 Å². The van der Waals surface area contributed by atoms with Crippen LogP contribution >= 0.6 is 0 Å². The van der Waals surface area contributed by atoms with Gasteiger partial charge in [0.2, 0.25) is 11.8 Å². The van der Waals surface area contributed by atoms with Gasteiger partial charge in [-0.3, -0.25) is 9.59 Å². The molecule has 2 amide bonds. The van der Waals surface area contributed by atoms with Gasteiger partial charge < -0.3 is 14.6 Å². The first-order valence-corrected chi connectivity index (χ1v) is 8.15. The lowest BCUT2D eigenvalue weighted by Gasteiger charge is -2.26. The number of aliphatic hydroxyl groups is 1. The van der Waals surface area contributed by atoms with Crippen molar-refractivity contribution in [2.75, 3.05) is 18.1 Å². The molecule has 4 rings (SSSR count). The van der Waals surface area contributed by atoms with E-state index in [2.05, 4.69) is 0 Å². The fourth-order valence-corrected chi connectivity index (χ4v) is 3.90. The van der Waals surface area contributed by atoms with Crippen molar-refractivity contribution in [3.05, 3.63) is 42.0 Å². The van der Waals surface area contributed by atoms with Gasteiger partial charge in [0.1, 0.15) is 5.60 Å². The zero-order chi connectivity index (χ0) is 17.8. The predicted molar refractivity (Wildman–Crippen MR) is 85.7 cm³/mol. The zero-order valence-electron chi connectivity index (χ0n) is 13.5. The Morgan fingerprint density at radius 2 is 2.00 bits per heavy atom. The van der Waals surface area contributed by atoms with Crippen LogP contribution in [0.5, 0.6) is 0 Å². The highest BCUT2D eigenvalue weighted by Gasteiger charge is 2.67. The Balaban J connectivity index is 1.64. The molecule has 0 aromatic heterocycles. The molecule has 3 aliphatic rings. The molecule has 0 unspecified atom stereocenters. The number of esters is 1. The van der Waals surface area contributed by atoms with Crippen LogP contribution in [0, 0.1) is 11.8 Å². The van der Waals surface area contributed by atoms with Crippen LogP contribution in [0.1, 0.15) is 17.3 Å². The smallest absolute Gasteiger partial charge is 0.338 e. The van der Waals surface area contributed by atoms with Crippen molar-refractivity contribution in [1.29, 1.82) is 0 Å². The number of hydrogen-bond donors (Lipinski definition) is 1. The number of anilines is 1. The summed E-state index contributed by atoms with van der Waals surface area (Å²) in [7, 11) is 0. The second-order valence-electron chi connectivity index (χ2n) is 6.34. The summed E-state index contributed by atoms with van der Waals surface area (Å²) in [4.78, 5) is 38.5. The minimum atomic E-state index is -1.11. The van der Waals surface area contributed by atoms with Crippen LogP contribution in [0.2, 0.25) is 0 Å². The summed E-state index contributed by atoms with van der Waals surface area (Å²) >= 11 is 0. The van der Waals surface area contributed by atoms with E-state index in [1.54, 1.807) is 31.2 Å². The van der Waals surface area contributed by atoms with Gasteiger partial charge >= 0.3 is 5.97 Å². The third kappa shape index (κ3) is 2.09. The molecule has 2 saturated heterocycles. The van der Waals surface area contributed by atoms with E-state index in [1.165, 1.54) is 12.1 Å². The Morgan fingerprint density at radius 3 is 2.64 bits per heavy atom. The summed E-state index contributed by atoms with van der Waals surface area (Å²) in [6, 6.07) is 6.14. The van der Waals surface area contributed by atoms with Crippen LogP contribution in [0.25, 0.3) is 0 Å². The topological polar surface area (TPSA) is 93.1 Å². The highest BCUT2D eigenvalue weighted by atomic mass is 16.5. The number of rotatable bonds is 4. The fraction of sp³-hybridized carbons (Fsp3) is 0.389. The molecule has 1 aromatic rings. The van der Waals surface area contributed by atoms with Gasteiger partial charge in [0, 0.05) is 0 Å². The number of benzene rings is 1. The standard InChI is InChI=1S/C18H17NO6/c1-2-24-17(23)10-3-5-11(6-4-10)19-15(21)13-12-7-8-18(9-20,25-12)14(13)16(19)22/h3-8,12-14,20H,2,9H2,1H3/t12-,13-,14-,18-/m0/s1. The van der Waals surface area contributed by atoms with Gasteiger partial charge in [-0.25, -0.2) is 9.69 Å². The summed E-state index contributed by atoms with van der Waals surface area (Å²) in [5.41, 5.74) is -0.367. The van der Waals surface area contributed by atoms with Gasteiger partial charge in [-0.05, 0) is 31.2 Å². The van der Waals surface area contributed by atoms with Gasteiger partial charge in [0.05, 0.1) is 42.4 Å². The number of imide groups is 1. The molecular formula is C18H17NO6. The Labute approximate surface area is 143 Å². The SMILES string of the molecule is CCOC(=O)c1ccc(N2C(=O)[C@H]3[C@@H]4C=C[C@@](CO)(O4)[C@@H]3C2=O)cc1. The number of carbonyl (C=O) groups is 3. The van der Waals surface area contributed by atoms with E-state index in [4.69, 9.17) is 9.47 Å². The molecule has 0 spiro atoms. The molecule has 2 fully saturated rings. The van der Waals surface area contributed by atoms with E-state index in [0.29, 0.717) is 11.3 Å². The number of aliphatic hydroxyl groups excluding tert-OH is 1. The molecule has 130 valence electrons. The molecule has 0 saturated carbocycles. The Morgan fingerprint density at radius 1 is 1.28 bits per heavy atom. The summed E-state index contributed by atoms with van der Waals surface area (Å²) in [6.07, 6.45) is 2.92. The van der Waals surface area contributed by atoms with E-state index in [1.807, 2.05) is 0 Å². The number of carbonyl (C=O) groups excluding carboxylic acids is 3. The van der Waals surface area contributed by atoms with Gasteiger partial charge in [-0.1, -0.05) is 12.2 Å². The van der Waals surface area contributed by atoms with Crippen molar-refractivity contribution in [1.82, 2.24) is 0 Å². The van der Waals surface area contributed by atoms with E-state index in [-0.39, 0.29) is 25.0 Å². The third-order valence-electron chi connectivity index (χ3n) is 5.04. The number of fused-ring (bicyclic) bond motifs is 5. The van der Waals surface area contributed by atoms with Crippen molar-refractivity contribution in [3.8, 4) is 0 Å². The monoisotopic (exact) mass is 343 g/mol. The van der Waals surface area contributed by atoms with Crippen LogP contribution in [-0.2, 0) is 19.1 Å². The van der Waals surface area contributed by atoms with Gasteiger partial charge in [-0.15, -0.1) is 0 Å². The molecule has 7 nitrogen and oxygen atoms in total. The fourth-order valence-electron chi connectivity index (χ4n) is 3.90. The highest BCUT2D eigenvalue weighted by molar-refractivity contribution is 6.23. The Hall–Kier alpha value is -2.51. The quantitative estimate of drug-likeness (QED) is 0.491. The van der Waals surface area contributed by atoms with E-state index in [9.17, 15) is 19.5 Å². The minimum absolute atomic E-state index is 0.269. The maximum absolute atomic E-state index is 12.9. The van der Waals surface area contributed by atoms with Crippen LogP contribution in [0.4, 0.5) is 5.69 Å². The number of hydrogen-bond acceptors (Lipinski definition) is 6. The van der Waals surface area contributed by atoms with Crippen LogP contribution in [0.3, 0.4) is 0 Å². The van der Waals surface area contributed by atoms with Crippen molar-refractivity contribution in [2.24, 2.45) is 11.8 Å². The number of nitrogens with zero attached hydrogens (tertiary/aromatic N) is 1. The first kappa shape index (κ1) is 16.0. The molecule has 2 bridgehead atoms. The van der Waals surface area contributed by atoms with Crippen molar-refractivity contribution in [3.63, 3.8) is 0 Å². The summed E-state index contributed by atoms with van der Waals surface area (Å²) in [5.74, 6) is -2.53. The van der Waals surface area contributed by atoms with Crippen molar-refractivity contribution >= 4 is 23.5 Å². The van der Waals surface area contributed by atoms with E-state index < -0.39 is 29.5 Å². The number of ether oxygens (including phenoxy) is 2. The largest absolute Gasteiger partial charge is 0.462 e. The molecule has 0 aliphatic carbocycles. The normalized spacial score (nSPS) is 32.4. The molecule has 0 radical (unpaired) electrons. The van der Waals surface area contributed by atoms with Gasteiger partial charge in [0.25, 0.3) is 0 Å². The lowest BCUT2D eigenvalue weighted by Crippen LogP contribution is -2.43. The lowest BCUT2D eigenvalue weighted by atomic mass is 9.77. The van der Waals surface area contributed by atoms with Crippen molar-refractivity contribution < 1.29 is 29.0 Å². The zero-order valence-corrected chi connectivity index (χ0v) is 13.5. The number of amides is 2. The summed E-state index contributed by atoms with van der Waals surface area (Å²) < 4.78 is 10.6. The molecule has 3 heterocycles. The van der Waals surface area contributed by atoms with Crippen LogP contribution in [-0.4, -0.2) is 47.8 Å². The van der Waals surface area contributed by atoms with Gasteiger partial charge in [0.15, 0.2) is 0 Å². The molecule has 1 aromatic carbocycles. The molecule has 1 N–H and O–H groups in total. The highest BCUT2D eigenvalue weighted by Crippen LogP contribution is 2.52. The average molecular weight is 343 g/mol. The average Bonchev–Trinajstić information content (AvgIpc) is 3.26. The lowest BCUT2D eigenvalue weighted by molar-refractivity contribution is -0.128. The minimum Gasteiger partial charge on any atom is -0.462 e. The molecular weight excluding hydrogens is 326 g/mol. The van der Waals surface area contributed by atoms with Gasteiger partial charge in [-0.2, -0.15) is 0 Å². The van der Waals surface area contributed by atoms with E-state index in [0.717, 1.165) is 4.90 Å². The van der Waals surface area contributed by atoms with Crippen molar-refractivity contribution in [2.45, 2.75) is 18.6 Å². The first-order valence-electron chi connectivity index (χ1n) is 8.15. The molecule has 7 heteroatoms. The van der Waals surface area contributed by atoms with Crippen LogP contribution in [0.15, 0.2) is 36.4 Å². The maximum atomic E-state index is 12.9. The second-order valence-corrected chi connectivity index (χ2v) is 6.34. The summed E-state index contributed by atoms with van der Waals surface area (Å²) in [6.45, 7) is 1.63. The Kier molecular flexibility index (Phi) is 3.52. The Bertz CT molecular complexity index is 785. The summed E-state index contributed by atoms with van der Waals surface area (Å²) in [5, 5.41) is 9.69. The molecule has 4 atom stereocenters. The predicted octanol–water partition coefficient (Wildman–Crippen LogP) is 0.669.